The lowest BCUT2D eigenvalue weighted by Gasteiger charge is -2.24. The number of amides is 1. The number of carbonyl (C=O) groups is 1. The Kier molecular flexibility index (Phi) is 5.86. The van der Waals surface area contributed by atoms with E-state index in [0.717, 1.165) is 32.7 Å². The molecule has 1 fully saturated rings. The maximum atomic E-state index is 11.7. The zero-order valence-corrected chi connectivity index (χ0v) is 12.9. The Labute approximate surface area is 126 Å². The molecule has 0 saturated carbocycles. The van der Waals surface area contributed by atoms with E-state index in [2.05, 4.69) is 29.2 Å². The summed E-state index contributed by atoms with van der Waals surface area (Å²) >= 11 is 5.65. The highest BCUT2D eigenvalue weighted by Crippen LogP contribution is 2.19. The first-order valence-electron chi connectivity index (χ1n) is 7.33. The Bertz CT molecular complexity index is 424. The highest BCUT2D eigenvalue weighted by molar-refractivity contribution is 6.27. The number of alkyl halides is 1. The Morgan fingerprint density at radius 3 is 2.80 bits per heavy atom. The summed E-state index contributed by atoms with van der Waals surface area (Å²) in [6.45, 7) is 6.80. The standard InChI is InChI=1S/C16H23ClN2O/c1-2-19(16(20)10-17)13-15-8-9-18(12-15)11-14-6-4-3-5-7-14/h3-7,15H,2,8-13H2,1H3/t15-/m1/s1. The normalized spacial score (nSPS) is 19.2. The SMILES string of the molecule is CCN(C[C@@H]1CCN(Cc2ccccc2)C1)C(=O)CCl. The molecule has 1 amide bonds. The van der Waals surface area contributed by atoms with E-state index in [-0.39, 0.29) is 11.8 Å². The lowest BCUT2D eigenvalue weighted by atomic mass is 10.1. The van der Waals surface area contributed by atoms with Gasteiger partial charge in [-0.1, -0.05) is 30.3 Å². The van der Waals surface area contributed by atoms with Crippen LogP contribution in [-0.4, -0.2) is 47.8 Å². The molecule has 0 N–H and O–H groups in total. The zero-order chi connectivity index (χ0) is 14.4. The van der Waals surface area contributed by atoms with Crippen LogP contribution in [0.25, 0.3) is 0 Å². The van der Waals surface area contributed by atoms with Crippen LogP contribution in [0.15, 0.2) is 30.3 Å². The van der Waals surface area contributed by atoms with Crippen molar-refractivity contribution in [2.75, 3.05) is 32.1 Å². The molecule has 1 aliphatic rings. The van der Waals surface area contributed by atoms with Gasteiger partial charge in [-0.2, -0.15) is 0 Å². The van der Waals surface area contributed by atoms with E-state index >= 15 is 0 Å². The van der Waals surface area contributed by atoms with Gasteiger partial charge in [-0.3, -0.25) is 9.69 Å². The third-order valence-corrected chi connectivity index (χ3v) is 4.17. The fourth-order valence-corrected chi connectivity index (χ4v) is 3.02. The quantitative estimate of drug-likeness (QED) is 0.753. The summed E-state index contributed by atoms with van der Waals surface area (Å²) in [7, 11) is 0. The van der Waals surface area contributed by atoms with Crippen molar-refractivity contribution in [1.82, 2.24) is 9.80 Å². The number of rotatable bonds is 6. The molecule has 1 aliphatic heterocycles. The van der Waals surface area contributed by atoms with Gasteiger partial charge in [0.1, 0.15) is 5.88 Å². The van der Waals surface area contributed by atoms with E-state index in [1.54, 1.807) is 0 Å². The van der Waals surface area contributed by atoms with Gasteiger partial charge in [-0.25, -0.2) is 0 Å². The van der Waals surface area contributed by atoms with Crippen molar-refractivity contribution in [3.63, 3.8) is 0 Å². The minimum atomic E-state index is 0.0516. The van der Waals surface area contributed by atoms with Crippen molar-refractivity contribution >= 4 is 17.5 Å². The molecule has 1 aromatic rings. The Morgan fingerprint density at radius 1 is 1.40 bits per heavy atom. The van der Waals surface area contributed by atoms with E-state index in [4.69, 9.17) is 11.6 Å². The molecule has 110 valence electrons. The van der Waals surface area contributed by atoms with Crippen molar-refractivity contribution in [3.05, 3.63) is 35.9 Å². The highest BCUT2D eigenvalue weighted by atomic mass is 35.5. The fraction of sp³-hybridized carbons (Fsp3) is 0.562. The number of carbonyl (C=O) groups excluding carboxylic acids is 1. The first-order chi connectivity index (χ1) is 9.72. The van der Waals surface area contributed by atoms with Crippen molar-refractivity contribution < 1.29 is 4.79 Å². The fourth-order valence-electron chi connectivity index (χ4n) is 2.85. The lowest BCUT2D eigenvalue weighted by molar-refractivity contribution is -0.128. The van der Waals surface area contributed by atoms with Crippen molar-refractivity contribution in [1.29, 1.82) is 0 Å². The van der Waals surface area contributed by atoms with E-state index in [0.29, 0.717) is 5.92 Å². The predicted molar refractivity (Wildman–Crippen MR) is 82.8 cm³/mol. The minimum absolute atomic E-state index is 0.0516. The van der Waals surface area contributed by atoms with Crippen LogP contribution in [0.2, 0.25) is 0 Å². The van der Waals surface area contributed by atoms with Gasteiger partial charge in [0.2, 0.25) is 5.91 Å². The topological polar surface area (TPSA) is 23.6 Å². The summed E-state index contributed by atoms with van der Waals surface area (Å²) in [6, 6.07) is 10.6. The summed E-state index contributed by atoms with van der Waals surface area (Å²) in [4.78, 5) is 16.0. The van der Waals surface area contributed by atoms with E-state index in [1.165, 1.54) is 12.0 Å². The van der Waals surface area contributed by atoms with Crippen LogP contribution in [-0.2, 0) is 11.3 Å². The summed E-state index contributed by atoms with van der Waals surface area (Å²) in [6.07, 6.45) is 1.17. The molecule has 1 aromatic carbocycles. The summed E-state index contributed by atoms with van der Waals surface area (Å²) in [5.74, 6) is 0.718. The van der Waals surface area contributed by atoms with Crippen LogP contribution < -0.4 is 0 Å². The smallest absolute Gasteiger partial charge is 0.237 e. The summed E-state index contributed by atoms with van der Waals surface area (Å²) in [5.41, 5.74) is 1.36. The van der Waals surface area contributed by atoms with E-state index < -0.39 is 0 Å². The van der Waals surface area contributed by atoms with E-state index in [9.17, 15) is 4.79 Å². The predicted octanol–water partition coefficient (Wildman–Crippen LogP) is 2.60. The van der Waals surface area contributed by atoms with Crippen LogP contribution in [0.3, 0.4) is 0 Å². The molecular formula is C16H23ClN2O. The number of likely N-dealkylation sites (tertiary alicyclic amines) is 1. The molecule has 0 bridgehead atoms. The molecular weight excluding hydrogens is 272 g/mol. The van der Waals surface area contributed by atoms with E-state index in [1.807, 2.05) is 17.9 Å². The molecule has 0 aliphatic carbocycles. The van der Waals surface area contributed by atoms with Crippen LogP contribution >= 0.6 is 11.6 Å². The third kappa shape index (κ3) is 4.22. The molecule has 1 heterocycles. The Morgan fingerprint density at radius 2 is 2.15 bits per heavy atom. The van der Waals surface area contributed by atoms with Crippen LogP contribution in [0, 0.1) is 5.92 Å². The van der Waals surface area contributed by atoms with Crippen LogP contribution in [0.5, 0.6) is 0 Å². The average Bonchev–Trinajstić information content (AvgIpc) is 2.92. The maximum Gasteiger partial charge on any atom is 0.237 e. The van der Waals surface area contributed by atoms with Gasteiger partial charge in [0, 0.05) is 26.2 Å². The largest absolute Gasteiger partial charge is 0.342 e. The molecule has 0 unspecified atom stereocenters. The molecule has 1 atom stereocenters. The summed E-state index contributed by atoms with van der Waals surface area (Å²) in [5, 5.41) is 0. The van der Waals surface area contributed by atoms with Crippen molar-refractivity contribution in [2.24, 2.45) is 5.92 Å². The van der Waals surface area contributed by atoms with Gasteiger partial charge in [0.25, 0.3) is 0 Å². The van der Waals surface area contributed by atoms with Crippen molar-refractivity contribution in [2.45, 2.75) is 19.9 Å². The van der Waals surface area contributed by atoms with Gasteiger partial charge >= 0.3 is 0 Å². The number of hydrogen-bond acceptors (Lipinski definition) is 2. The molecule has 0 spiro atoms. The van der Waals surface area contributed by atoms with Gasteiger partial charge in [0.15, 0.2) is 0 Å². The second-order valence-electron chi connectivity index (χ2n) is 5.44. The van der Waals surface area contributed by atoms with Crippen LogP contribution in [0.1, 0.15) is 18.9 Å². The second kappa shape index (κ2) is 7.65. The van der Waals surface area contributed by atoms with Gasteiger partial charge < -0.3 is 4.90 Å². The van der Waals surface area contributed by atoms with Crippen molar-refractivity contribution in [3.8, 4) is 0 Å². The molecule has 0 radical (unpaired) electrons. The first kappa shape index (κ1) is 15.3. The number of nitrogens with zero attached hydrogens (tertiary/aromatic N) is 2. The lowest BCUT2D eigenvalue weighted by Crippen LogP contribution is -2.36. The van der Waals surface area contributed by atoms with Gasteiger partial charge in [0.05, 0.1) is 0 Å². The van der Waals surface area contributed by atoms with Gasteiger partial charge in [-0.05, 0) is 31.4 Å². The average molecular weight is 295 g/mol. The maximum absolute atomic E-state index is 11.7. The number of benzene rings is 1. The Hall–Kier alpha value is -1.06. The first-order valence-corrected chi connectivity index (χ1v) is 7.86. The molecule has 20 heavy (non-hydrogen) atoms. The molecule has 3 nitrogen and oxygen atoms in total. The minimum Gasteiger partial charge on any atom is -0.342 e. The number of hydrogen-bond donors (Lipinski definition) is 0. The molecule has 2 rings (SSSR count). The van der Waals surface area contributed by atoms with Gasteiger partial charge in [-0.15, -0.1) is 11.6 Å². The summed E-state index contributed by atoms with van der Waals surface area (Å²) < 4.78 is 0. The molecule has 1 saturated heterocycles. The zero-order valence-electron chi connectivity index (χ0n) is 12.1. The molecule has 0 aromatic heterocycles. The Balaban J connectivity index is 1.81. The third-order valence-electron chi connectivity index (χ3n) is 3.95. The highest BCUT2D eigenvalue weighted by Gasteiger charge is 2.25. The molecule has 4 heteroatoms. The second-order valence-corrected chi connectivity index (χ2v) is 5.71. The van der Waals surface area contributed by atoms with Crippen LogP contribution in [0.4, 0.5) is 0 Å². The monoisotopic (exact) mass is 294 g/mol. The number of halogens is 1.